The van der Waals surface area contributed by atoms with Gasteiger partial charge in [-0.3, -0.25) is 14.4 Å². The van der Waals surface area contributed by atoms with Crippen molar-refractivity contribution in [2.75, 3.05) is 39.3 Å². The van der Waals surface area contributed by atoms with Gasteiger partial charge in [-0.25, -0.2) is 0 Å². The van der Waals surface area contributed by atoms with Crippen LogP contribution in [0.25, 0.3) is 0 Å². The predicted octanol–water partition coefficient (Wildman–Crippen LogP) is 0.492. The van der Waals surface area contributed by atoms with Crippen LogP contribution >= 0.6 is 0 Å². The Morgan fingerprint density at radius 1 is 1.33 bits per heavy atom. The summed E-state index contributed by atoms with van der Waals surface area (Å²) in [4.78, 5) is 40.8. The minimum absolute atomic E-state index is 0.00239. The van der Waals surface area contributed by atoms with Gasteiger partial charge < -0.3 is 14.7 Å². The first-order valence-electron chi connectivity index (χ1n) is 7.50. The smallest absolute Gasteiger partial charge is 0.246 e. The van der Waals surface area contributed by atoms with E-state index in [0.717, 1.165) is 19.4 Å². The molecular weight excluding hydrogens is 270 g/mol. The SMILES string of the molecule is C=CC(=O)N(CC)CC(=O)N1CCCN(CCC)C(=O)C1. The van der Waals surface area contributed by atoms with Crippen molar-refractivity contribution in [1.82, 2.24) is 14.7 Å². The molecule has 118 valence electrons. The van der Waals surface area contributed by atoms with Crippen LogP contribution in [-0.2, 0) is 14.4 Å². The van der Waals surface area contributed by atoms with Crippen LogP contribution in [-0.4, -0.2) is 71.7 Å². The molecule has 1 aliphatic heterocycles. The van der Waals surface area contributed by atoms with Crippen molar-refractivity contribution in [3.05, 3.63) is 12.7 Å². The van der Waals surface area contributed by atoms with E-state index < -0.39 is 0 Å². The van der Waals surface area contributed by atoms with Gasteiger partial charge in [-0.1, -0.05) is 13.5 Å². The Balaban J connectivity index is 2.63. The molecule has 3 amide bonds. The van der Waals surface area contributed by atoms with Gasteiger partial charge in [0.25, 0.3) is 0 Å². The molecule has 1 aliphatic rings. The van der Waals surface area contributed by atoms with Crippen molar-refractivity contribution in [1.29, 1.82) is 0 Å². The monoisotopic (exact) mass is 295 g/mol. The fourth-order valence-electron chi connectivity index (χ4n) is 2.38. The van der Waals surface area contributed by atoms with Crippen LogP contribution in [0.15, 0.2) is 12.7 Å². The van der Waals surface area contributed by atoms with E-state index in [1.807, 2.05) is 13.8 Å². The van der Waals surface area contributed by atoms with Crippen LogP contribution in [0.3, 0.4) is 0 Å². The number of amides is 3. The molecule has 1 rings (SSSR count). The van der Waals surface area contributed by atoms with Crippen molar-refractivity contribution >= 4 is 17.7 Å². The fraction of sp³-hybridized carbons (Fsp3) is 0.667. The van der Waals surface area contributed by atoms with Crippen molar-refractivity contribution < 1.29 is 14.4 Å². The summed E-state index contributed by atoms with van der Waals surface area (Å²) in [5.41, 5.74) is 0. The number of carbonyl (C=O) groups excluding carboxylic acids is 3. The molecule has 1 saturated heterocycles. The van der Waals surface area contributed by atoms with Crippen LogP contribution in [0.4, 0.5) is 0 Å². The minimum Gasteiger partial charge on any atom is -0.341 e. The molecular formula is C15H25N3O3. The lowest BCUT2D eigenvalue weighted by Crippen LogP contribution is -2.45. The second-order valence-electron chi connectivity index (χ2n) is 5.11. The highest BCUT2D eigenvalue weighted by Gasteiger charge is 2.25. The van der Waals surface area contributed by atoms with E-state index in [9.17, 15) is 14.4 Å². The van der Waals surface area contributed by atoms with Crippen molar-refractivity contribution in [2.24, 2.45) is 0 Å². The van der Waals surface area contributed by atoms with Crippen molar-refractivity contribution in [2.45, 2.75) is 26.7 Å². The Morgan fingerprint density at radius 2 is 2.05 bits per heavy atom. The van der Waals surface area contributed by atoms with Crippen LogP contribution in [0.1, 0.15) is 26.7 Å². The number of rotatable bonds is 6. The molecule has 6 nitrogen and oxygen atoms in total. The van der Waals surface area contributed by atoms with Gasteiger partial charge >= 0.3 is 0 Å². The standard InChI is InChI=1S/C15H25N3O3/c1-4-8-17-9-7-10-18(12-14(17)20)15(21)11-16(6-3)13(19)5-2/h5H,2,4,6-12H2,1,3H3. The molecule has 0 bridgehead atoms. The van der Waals surface area contributed by atoms with Gasteiger partial charge in [-0.05, 0) is 25.8 Å². The Hall–Kier alpha value is -1.85. The molecule has 1 heterocycles. The van der Waals surface area contributed by atoms with Gasteiger partial charge in [0.15, 0.2) is 0 Å². The van der Waals surface area contributed by atoms with E-state index in [1.165, 1.54) is 11.0 Å². The maximum atomic E-state index is 12.3. The molecule has 0 N–H and O–H groups in total. The third-order valence-corrected chi connectivity index (χ3v) is 3.58. The summed E-state index contributed by atoms with van der Waals surface area (Å²) in [6.45, 7) is 9.81. The largest absolute Gasteiger partial charge is 0.341 e. The molecule has 0 unspecified atom stereocenters. The quantitative estimate of drug-likeness (QED) is 0.670. The summed E-state index contributed by atoms with van der Waals surface area (Å²) >= 11 is 0. The predicted molar refractivity (Wildman–Crippen MR) is 80.5 cm³/mol. The van der Waals surface area contributed by atoms with Crippen LogP contribution in [0, 0.1) is 0 Å². The second-order valence-corrected chi connectivity index (χ2v) is 5.11. The zero-order valence-corrected chi connectivity index (χ0v) is 13.0. The summed E-state index contributed by atoms with van der Waals surface area (Å²) in [6.07, 6.45) is 2.89. The Labute approximate surface area is 126 Å². The number of carbonyl (C=O) groups is 3. The Morgan fingerprint density at radius 3 is 2.62 bits per heavy atom. The number of hydrogen-bond acceptors (Lipinski definition) is 3. The first-order chi connectivity index (χ1) is 10.0. The summed E-state index contributed by atoms with van der Waals surface area (Å²) in [6, 6.07) is 0. The zero-order chi connectivity index (χ0) is 15.8. The molecule has 0 aromatic carbocycles. The Bertz CT molecular complexity index is 409. The molecule has 0 aliphatic carbocycles. The molecule has 21 heavy (non-hydrogen) atoms. The summed E-state index contributed by atoms with van der Waals surface area (Å²) < 4.78 is 0. The lowest BCUT2D eigenvalue weighted by molar-refractivity contribution is -0.141. The molecule has 1 fully saturated rings. The number of likely N-dealkylation sites (N-methyl/N-ethyl adjacent to an activating group) is 1. The lowest BCUT2D eigenvalue weighted by atomic mass is 10.3. The highest BCUT2D eigenvalue weighted by molar-refractivity contribution is 5.92. The first kappa shape index (κ1) is 17.2. The molecule has 0 aromatic heterocycles. The highest BCUT2D eigenvalue weighted by atomic mass is 16.2. The van der Waals surface area contributed by atoms with Crippen LogP contribution in [0.5, 0.6) is 0 Å². The topological polar surface area (TPSA) is 60.9 Å². The van der Waals surface area contributed by atoms with Gasteiger partial charge in [0, 0.05) is 26.2 Å². The van der Waals surface area contributed by atoms with E-state index in [4.69, 9.17) is 0 Å². The van der Waals surface area contributed by atoms with Crippen molar-refractivity contribution in [3.63, 3.8) is 0 Å². The zero-order valence-electron chi connectivity index (χ0n) is 13.0. The lowest BCUT2D eigenvalue weighted by Gasteiger charge is -2.25. The molecule has 0 atom stereocenters. The molecule has 0 aromatic rings. The van der Waals surface area contributed by atoms with Gasteiger partial charge in [0.1, 0.15) is 6.54 Å². The maximum absolute atomic E-state index is 12.3. The Kier molecular flexibility index (Phi) is 6.91. The van der Waals surface area contributed by atoms with Gasteiger partial charge in [0.2, 0.25) is 17.7 Å². The van der Waals surface area contributed by atoms with Gasteiger partial charge in [-0.2, -0.15) is 0 Å². The van der Waals surface area contributed by atoms with E-state index in [0.29, 0.717) is 19.6 Å². The van der Waals surface area contributed by atoms with Gasteiger partial charge in [-0.15, -0.1) is 0 Å². The fourth-order valence-corrected chi connectivity index (χ4v) is 2.38. The summed E-state index contributed by atoms with van der Waals surface area (Å²) in [5.74, 6) is -0.459. The normalized spacial score (nSPS) is 15.6. The van der Waals surface area contributed by atoms with Crippen molar-refractivity contribution in [3.8, 4) is 0 Å². The number of nitrogens with zero attached hydrogens (tertiary/aromatic N) is 3. The molecule has 0 radical (unpaired) electrons. The third kappa shape index (κ3) is 4.88. The molecule has 0 saturated carbocycles. The average molecular weight is 295 g/mol. The van der Waals surface area contributed by atoms with Crippen LogP contribution < -0.4 is 0 Å². The van der Waals surface area contributed by atoms with E-state index >= 15 is 0 Å². The van der Waals surface area contributed by atoms with E-state index in [1.54, 1.807) is 9.80 Å². The first-order valence-corrected chi connectivity index (χ1v) is 7.50. The van der Waals surface area contributed by atoms with Crippen LogP contribution in [0.2, 0.25) is 0 Å². The molecule has 6 heteroatoms. The second kappa shape index (κ2) is 8.44. The third-order valence-electron chi connectivity index (χ3n) is 3.58. The summed E-state index contributed by atoms with van der Waals surface area (Å²) in [7, 11) is 0. The van der Waals surface area contributed by atoms with Gasteiger partial charge in [0.05, 0.1) is 6.54 Å². The van der Waals surface area contributed by atoms with E-state index in [2.05, 4.69) is 6.58 Å². The highest BCUT2D eigenvalue weighted by Crippen LogP contribution is 2.06. The maximum Gasteiger partial charge on any atom is 0.246 e. The van der Waals surface area contributed by atoms with E-state index in [-0.39, 0.29) is 30.8 Å². The number of hydrogen-bond donors (Lipinski definition) is 0. The average Bonchev–Trinajstić information content (AvgIpc) is 2.66. The molecule has 0 spiro atoms. The summed E-state index contributed by atoms with van der Waals surface area (Å²) in [5, 5.41) is 0. The minimum atomic E-state index is -0.264.